The lowest BCUT2D eigenvalue weighted by atomic mass is 9.91. The number of carbonyl (C=O) groups excluding carboxylic acids is 1. The van der Waals surface area contributed by atoms with Crippen LogP contribution in [0.3, 0.4) is 0 Å². The van der Waals surface area contributed by atoms with Gasteiger partial charge in [-0.15, -0.1) is 0 Å². The number of rotatable bonds is 4. The predicted molar refractivity (Wildman–Crippen MR) is 94.5 cm³/mol. The van der Waals surface area contributed by atoms with Gasteiger partial charge in [0.25, 0.3) is 5.91 Å². The Bertz CT molecular complexity index is 662. The second-order valence-corrected chi connectivity index (χ2v) is 6.81. The molecule has 0 saturated carbocycles. The molecule has 22 heavy (non-hydrogen) atoms. The summed E-state index contributed by atoms with van der Waals surface area (Å²) in [5.41, 5.74) is 2.01. The zero-order chi connectivity index (χ0) is 16.4. The molecular formula is C20H27NO. The van der Waals surface area contributed by atoms with Crippen LogP contribution in [0.5, 0.6) is 0 Å². The molecule has 0 fully saturated rings. The number of fused-ring (bicyclic) bond motifs is 1. The largest absolute Gasteiger partial charge is 0.334 e. The van der Waals surface area contributed by atoms with E-state index >= 15 is 0 Å². The van der Waals surface area contributed by atoms with Crippen LogP contribution in [0.25, 0.3) is 10.8 Å². The lowest BCUT2D eigenvalue weighted by Crippen LogP contribution is -2.42. The molecule has 0 spiro atoms. The van der Waals surface area contributed by atoms with Crippen LogP contribution < -0.4 is 0 Å². The minimum absolute atomic E-state index is 0.144. The maximum absolute atomic E-state index is 13.3. The summed E-state index contributed by atoms with van der Waals surface area (Å²) in [7, 11) is 0. The summed E-state index contributed by atoms with van der Waals surface area (Å²) in [5.74, 6) is 0.468. The van der Waals surface area contributed by atoms with Crippen molar-refractivity contribution < 1.29 is 4.79 Å². The molecule has 0 saturated heterocycles. The fraction of sp³-hybridized carbons (Fsp3) is 0.450. The van der Waals surface area contributed by atoms with E-state index in [1.165, 1.54) is 0 Å². The average molecular weight is 297 g/mol. The van der Waals surface area contributed by atoms with Crippen LogP contribution >= 0.6 is 0 Å². The zero-order valence-electron chi connectivity index (χ0n) is 14.6. The van der Waals surface area contributed by atoms with Gasteiger partial charge in [0, 0.05) is 12.1 Å². The zero-order valence-corrected chi connectivity index (χ0v) is 14.6. The third kappa shape index (κ3) is 3.01. The molecule has 0 aliphatic rings. The van der Waals surface area contributed by atoms with Gasteiger partial charge >= 0.3 is 0 Å². The first-order valence-electron chi connectivity index (χ1n) is 8.18. The molecule has 0 atom stereocenters. The predicted octanol–water partition coefficient (Wildman–Crippen LogP) is 5.22. The van der Waals surface area contributed by atoms with Crippen molar-refractivity contribution in [3.63, 3.8) is 0 Å². The van der Waals surface area contributed by atoms with Gasteiger partial charge in [-0.3, -0.25) is 4.79 Å². The fourth-order valence-corrected chi connectivity index (χ4v) is 3.20. The third-order valence-electron chi connectivity index (χ3n) is 4.14. The summed E-state index contributed by atoms with van der Waals surface area (Å²) >= 11 is 0. The van der Waals surface area contributed by atoms with Crippen LogP contribution in [0.1, 0.15) is 63.4 Å². The highest BCUT2D eigenvalue weighted by molar-refractivity contribution is 6.08. The monoisotopic (exact) mass is 297 g/mol. The lowest BCUT2D eigenvalue weighted by Gasteiger charge is -2.32. The van der Waals surface area contributed by atoms with E-state index in [2.05, 4.69) is 65.8 Å². The van der Waals surface area contributed by atoms with Crippen LogP contribution in [-0.4, -0.2) is 22.9 Å². The van der Waals surface area contributed by atoms with Crippen molar-refractivity contribution in [3.05, 3.63) is 47.5 Å². The van der Waals surface area contributed by atoms with Gasteiger partial charge in [0.15, 0.2) is 0 Å². The van der Waals surface area contributed by atoms with Crippen molar-refractivity contribution in [1.82, 2.24) is 4.90 Å². The summed E-state index contributed by atoms with van der Waals surface area (Å²) in [6.45, 7) is 12.6. The number of hydrogen-bond donors (Lipinski definition) is 0. The number of carbonyl (C=O) groups is 1. The standard InChI is InChI=1S/C20H27NO/c1-13(2)17-12-11-16-9-7-8-10-18(16)19(17)20(22)21(14(3)4)15(5)6/h7-15H,1-6H3. The summed E-state index contributed by atoms with van der Waals surface area (Å²) in [6, 6.07) is 12.8. The Kier molecular flexibility index (Phi) is 4.90. The molecule has 0 radical (unpaired) electrons. The Hall–Kier alpha value is -1.83. The van der Waals surface area contributed by atoms with Gasteiger partial charge in [-0.2, -0.15) is 0 Å². The molecule has 2 heteroatoms. The van der Waals surface area contributed by atoms with Crippen LogP contribution in [0.15, 0.2) is 36.4 Å². The van der Waals surface area contributed by atoms with Gasteiger partial charge in [0.05, 0.1) is 5.56 Å². The lowest BCUT2D eigenvalue weighted by molar-refractivity contribution is 0.0644. The Morgan fingerprint density at radius 3 is 2.00 bits per heavy atom. The molecule has 2 nitrogen and oxygen atoms in total. The molecule has 2 rings (SSSR count). The number of nitrogens with zero attached hydrogens (tertiary/aromatic N) is 1. The molecule has 0 N–H and O–H groups in total. The van der Waals surface area contributed by atoms with Crippen LogP contribution in [0, 0.1) is 0 Å². The Balaban J connectivity index is 2.70. The van der Waals surface area contributed by atoms with E-state index < -0.39 is 0 Å². The summed E-state index contributed by atoms with van der Waals surface area (Å²) in [5, 5.41) is 2.19. The molecule has 2 aromatic rings. The normalized spacial score (nSPS) is 11.7. The molecule has 118 valence electrons. The molecule has 0 bridgehead atoms. The van der Waals surface area contributed by atoms with E-state index in [0.717, 1.165) is 21.9 Å². The van der Waals surface area contributed by atoms with E-state index in [0.29, 0.717) is 5.92 Å². The summed E-state index contributed by atoms with van der Waals surface area (Å²) < 4.78 is 0. The Morgan fingerprint density at radius 2 is 1.45 bits per heavy atom. The van der Waals surface area contributed by atoms with Crippen molar-refractivity contribution in [3.8, 4) is 0 Å². The van der Waals surface area contributed by atoms with Gasteiger partial charge < -0.3 is 4.90 Å². The van der Waals surface area contributed by atoms with Crippen molar-refractivity contribution in [2.24, 2.45) is 0 Å². The third-order valence-corrected chi connectivity index (χ3v) is 4.14. The molecule has 0 aromatic heterocycles. The van der Waals surface area contributed by atoms with Gasteiger partial charge in [0.1, 0.15) is 0 Å². The number of hydrogen-bond acceptors (Lipinski definition) is 1. The van der Waals surface area contributed by atoms with Crippen molar-refractivity contribution in [2.75, 3.05) is 0 Å². The maximum atomic E-state index is 13.3. The fourth-order valence-electron chi connectivity index (χ4n) is 3.20. The van der Waals surface area contributed by atoms with Crippen molar-refractivity contribution in [1.29, 1.82) is 0 Å². The highest BCUT2D eigenvalue weighted by Gasteiger charge is 2.26. The first kappa shape index (κ1) is 16.5. The van der Waals surface area contributed by atoms with Crippen LogP contribution in [0.2, 0.25) is 0 Å². The van der Waals surface area contributed by atoms with Crippen molar-refractivity contribution >= 4 is 16.7 Å². The first-order chi connectivity index (χ1) is 10.3. The second kappa shape index (κ2) is 6.51. The molecule has 0 unspecified atom stereocenters. The van der Waals surface area contributed by atoms with E-state index in [1.54, 1.807) is 0 Å². The summed E-state index contributed by atoms with van der Waals surface area (Å²) in [4.78, 5) is 15.3. The SMILES string of the molecule is CC(C)c1ccc2ccccc2c1C(=O)N(C(C)C)C(C)C. The minimum atomic E-state index is 0.144. The topological polar surface area (TPSA) is 20.3 Å². The number of benzene rings is 2. The Labute approximate surface area is 134 Å². The van der Waals surface area contributed by atoms with E-state index in [9.17, 15) is 4.79 Å². The minimum Gasteiger partial charge on any atom is -0.334 e. The van der Waals surface area contributed by atoms with Crippen LogP contribution in [0.4, 0.5) is 0 Å². The van der Waals surface area contributed by atoms with Crippen LogP contribution in [-0.2, 0) is 0 Å². The Morgan fingerprint density at radius 1 is 0.864 bits per heavy atom. The number of amides is 1. The quantitative estimate of drug-likeness (QED) is 0.757. The van der Waals surface area contributed by atoms with E-state index in [-0.39, 0.29) is 18.0 Å². The molecule has 2 aromatic carbocycles. The van der Waals surface area contributed by atoms with Gasteiger partial charge in [-0.1, -0.05) is 50.2 Å². The smallest absolute Gasteiger partial charge is 0.255 e. The van der Waals surface area contributed by atoms with Crippen molar-refractivity contribution in [2.45, 2.75) is 59.5 Å². The van der Waals surface area contributed by atoms with E-state index in [4.69, 9.17) is 0 Å². The second-order valence-electron chi connectivity index (χ2n) is 6.81. The summed E-state index contributed by atoms with van der Waals surface area (Å²) in [6.07, 6.45) is 0. The molecule has 0 aliphatic heterocycles. The molecule has 0 aliphatic carbocycles. The van der Waals surface area contributed by atoms with E-state index in [1.807, 2.05) is 17.0 Å². The molecule has 1 amide bonds. The maximum Gasteiger partial charge on any atom is 0.255 e. The average Bonchev–Trinajstić information content (AvgIpc) is 2.44. The first-order valence-corrected chi connectivity index (χ1v) is 8.18. The highest BCUT2D eigenvalue weighted by atomic mass is 16.2. The molecular weight excluding hydrogens is 270 g/mol. The molecule has 0 heterocycles. The van der Waals surface area contributed by atoms with Gasteiger partial charge in [0.2, 0.25) is 0 Å². The highest BCUT2D eigenvalue weighted by Crippen LogP contribution is 2.29. The van der Waals surface area contributed by atoms with Gasteiger partial charge in [-0.05, 0) is 49.9 Å². The van der Waals surface area contributed by atoms with Gasteiger partial charge in [-0.25, -0.2) is 0 Å².